The fraction of sp³-hybridized carbons (Fsp3) is 0.409. The van der Waals surface area contributed by atoms with Crippen LogP contribution >= 0.6 is 0 Å². The summed E-state index contributed by atoms with van der Waals surface area (Å²) in [5.74, 6) is 2.05. The van der Waals surface area contributed by atoms with Gasteiger partial charge in [0.25, 0.3) is 0 Å². The van der Waals surface area contributed by atoms with Gasteiger partial charge in [-0.2, -0.15) is 0 Å². The van der Waals surface area contributed by atoms with Crippen molar-refractivity contribution >= 4 is 11.6 Å². The first kappa shape index (κ1) is 21.0. The average Bonchev–Trinajstić information content (AvgIpc) is 2.78. The van der Waals surface area contributed by atoms with Gasteiger partial charge in [-0.15, -0.1) is 0 Å². The standard InChI is InChI=1S/C22H30N4O3/c1-23-22(25-19-8-9-20(27-2)21(14-19)28-3)24-15-17-4-6-18(7-5-17)16-26-10-12-29-13-11-26/h4-9,14H,10-13,15-16H2,1-3H3,(H2,23,24,25). The van der Waals surface area contributed by atoms with Crippen LogP contribution in [0, 0.1) is 0 Å². The van der Waals surface area contributed by atoms with Gasteiger partial charge in [0, 0.05) is 45.0 Å². The van der Waals surface area contributed by atoms with Crippen LogP contribution in [0.25, 0.3) is 0 Å². The first-order valence-electron chi connectivity index (χ1n) is 9.79. The van der Waals surface area contributed by atoms with Crippen molar-refractivity contribution in [3.63, 3.8) is 0 Å². The molecule has 3 rings (SSSR count). The Labute approximate surface area is 172 Å². The third kappa shape index (κ3) is 6.10. The number of ether oxygens (including phenoxy) is 3. The molecule has 1 saturated heterocycles. The number of methoxy groups -OCH3 is 2. The van der Waals surface area contributed by atoms with E-state index in [0.29, 0.717) is 24.0 Å². The SMILES string of the molecule is CN=C(NCc1ccc(CN2CCOCC2)cc1)Nc1ccc(OC)c(OC)c1. The molecule has 1 fully saturated rings. The summed E-state index contributed by atoms with van der Waals surface area (Å²) in [5, 5.41) is 6.62. The van der Waals surface area contributed by atoms with Crippen LogP contribution in [0.2, 0.25) is 0 Å². The molecule has 156 valence electrons. The molecule has 0 bridgehead atoms. The van der Waals surface area contributed by atoms with Crippen LogP contribution in [0.15, 0.2) is 47.5 Å². The molecule has 2 aromatic rings. The van der Waals surface area contributed by atoms with Crippen molar-refractivity contribution in [2.45, 2.75) is 13.1 Å². The second-order valence-electron chi connectivity index (χ2n) is 6.83. The van der Waals surface area contributed by atoms with E-state index in [2.05, 4.69) is 44.8 Å². The number of rotatable bonds is 7. The zero-order chi connectivity index (χ0) is 20.5. The van der Waals surface area contributed by atoms with Crippen molar-refractivity contribution < 1.29 is 14.2 Å². The van der Waals surface area contributed by atoms with Crippen LogP contribution in [-0.2, 0) is 17.8 Å². The zero-order valence-corrected chi connectivity index (χ0v) is 17.4. The van der Waals surface area contributed by atoms with Gasteiger partial charge >= 0.3 is 0 Å². The summed E-state index contributed by atoms with van der Waals surface area (Å²) < 4.78 is 16.0. The van der Waals surface area contributed by atoms with Gasteiger partial charge in [0.1, 0.15) is 0 Å². The molecule has 0 amide bonds. The van der Waals surface area contributed by atoms with Gasteiger partial charge in [0.05, 0.1) is 27.4 Å². The quantitative estimate of drug-likeness (QED) is 0.552. The fourth-order valence-electron chi connectivity index (χ4n) is 3.20. The molecule has 0 radical (unpaired) electrons. The summed E-state index contributed by atoms with van der Waals surface area (Å²) in [7, 11) is 5.00. The summed E-state index contributed by atoms with van der Waals surface area (Å²) in [4.78, 5) is 6.72. The molecule has 1 aliphatic heterocycles. The number of guanidine groups is 1. The van der Waals surface area contributed by atoms with Gasteiger partial charge in [0.2, 0.25) is 0 Å². The van der Waals surface area contributed by atoms with Crippen molar-refractivity contribution in [1.82, 2.24) is 10.2 Å². The summed E-state index contributed by atoms with van der Waals surface area (Å²) in [6.45, 7) is 5.32. The summed E-state index contributed by atoms with van der Waals surface area (Å²) in [5.41, 5.74) is 3.39. The van der Waals surface area contributed by atoms with Gasteiger partial charge < -0.3 is 24.8 Å². The van der Waals surface area contributed by atoms with Crippen molar-refractivity contribution in [3.05, 3.63) is 53.6 Å². The molecule has 1 heterocycles. The van der Waals surface area contributed by atoms with Crippen LogP contribution in [0.3, 0.4) is 0 Å². The van der Waals surface area contributed by atoms with Crippen LogP contribution < -0.4 is 20.1 Å². The number of nitrogens with one attached hydrogen (secondary N) is 2. The van der Waals surface area contributed by atoms with E-state index < -0.39 is 0 Å². The van der Waals surface area contributed by atoms with Crippen LogP contribution in [0.5, 0.6) is 11.5 Å². The van der Waals surface area contributed by atoms with Crippen LogP contribution in [0.1, 0.15) is 11.1 Å². The van der Waals surface area contributed by atoms with Gasteiger partial charge in [-0.1, -0.05) is 24.3 Å². The van der Waals surface area contributed by atoms with E-state index >= 15 is 0 Å². The smallest absolute Gasteiger partial charge is 0.195 e. The van der Waals surface area contributed by atoms with Crippen molar-refractivity contribution in [3.8, 4) is 11.5 Å². The highest BCUT2D eigenvalue weighted by atomic mass is 16.5. The Kier molecular flexibility index (Phi) is 7.72. The van der Waals surface area contributed by atoms with Gasteiger partial charge in [-0.3, -0.25) is 9.89 Å². The molecule has 2 N–H and O–H groups in total. The van der Waals surface area contributed by atoms with Crippen LogP contribution in [-0.4, -0.2) is 58.4 Å². The molecule has 0 atom stereocenters. The zero-order valence-electron chi connectivity index (χ0n) is 17.4. The highest BCUT2D eigenvalue weighted by molar-refractivity contribution is 5.93. The molecule has 0 aliphatic carbocycles. The number of hydrogen-bond donors (Lipinski definition) is 2. The van der Waals surface area contributed by atoms with Gasteiger partial charge in [-0.05, 0) is 23.3 Å². The first-order valence-corrected chi connectivity index (χ1v) is 9.79. The van der Waals surface area contributed by atoms with E-state index in [0.717, 1.165) is 38.5 Å². The molecular weight excluding hydrogens is 368 g/mol. The molecule has 1 aliphatic rings. The molecule has 7 nitrogen and oxygen atoms in total. The van der Waals surface area contributed by atoms with Gasteiger partial charge in [0.15, 0.2) is 17.5 Å². The Balaban J connectivity index is 1.52. The first-order chi connectivity index (χ1) is 14.2. The highest BCUT2D eigenvalue weighted by Crippen LogP contribution is 2.29. The largest absolute Gasteiger partial charge is 0.493 e. The monoisotopic (exact) mass is 398 g/mol. The Morgan fingerprint density at radius 1 is 1.00 bits per heavy atom. The number of aliphatic imine (C=N–C) groups is 1. The number of morpholine rings is 1. The predicted octanol–water partition coefficient (Wildman–Crippen LogP) is 2.72. The molecule has 0 aromatic heterocycles. The lowest BCUT2D eigenvalue weighted by molar-refractivity contribution is 0.0342. The van der Waals surface area contributed by atoms with E-state index in [1.807, 2.05) is 18.2 Å². The lowest BCUT2D eigenvalue weighted by Crippen LogP contribution is -2.35. The fourth-order valence-corrected chi connectivity index (χ4v) is 3.20. The minimum Gasteiger partial charge on any atom is -0.493 e. The Hall–Kier alpha value is -2.77. The van der Waals surface area contributed by atoms with E-state index in [1.165, 1.54) is 11.1 Å². The minimum absolute atomic E-state index is 0.670. The lowest BCUT2D eigenvalue weighted by Gasteiger charge is -2.26. The predicted molar refractivity (Wildman–Crippen MR) is 116 cm³/mol. The molecular formula is C22H30N4O3. The molecule has 0 unspecified atom stereocenters. The summed E-state index contributed by atoms with van der Waals surface area (Å²) in [6, 6.07) is 14.4. The lowest BCUT2D eigenvalue weighted by atomic mass is 10.1. The maximum Gasteiger partial charge on any atom is 0.195 e. The number of benzene rings is 2. The normalized spacial score (nSPS) is 15.1. The number of anilines is 1. The van der Waals surface area contributed by atoms with E-state index in [4.69, 9.17) is 14.2 Å². The Morgan fingerprint density at radius 2 is 1.69 bits per heavy atom. The summed E-state index contributed by atoms with van der Waals surface area (Å²) in [6.07, 6.45) is 0. The van der Waals surface area contributed by atoms with Crippen molar-refractivity contribution in [2.75, 3.05) is 52.9 Å². The summed E-state index contributed by atoms with van der Waals surface area (Å²) >= 11 is 0. The average molecular weight is 399 g/mol. The van der Waals surface area contributed by atoms with E-state index in [1.54, 1.807) is 21.3 Å². The van der Waals surface area contributed by atoms with Crippen molar-refractivity contribution in [2.24, 2.45) is 4.99 Å². The third-order valence-electron chi connectivity index (χ3n) is 4.86. The second-order valence-corrected chi connectivity index (χ2v) is 6.83. The molecule has 0 saturated carbocycles. The van der Waals surface area contributed by atoms with Crippen molar-refractivity contribution in [1.29, 1.82) is 0 Å². The highest BCUT2D eigenvalue weighted by Gasteiger charge is 2.10. The molecule has 7 heteroatoms. The molecule has 29 heavy (non-hydrogen) atoms. The van der Waals surface area contributed by atoms with Crippen LogP contribution in [0.4, 0.5) is 5.69 Å². The Morgan fingerprint density at radius 3 is 2.34 bits per heavy atom. The molecule has 0 spiro atoms. The van der Waals surface area contributed by atoms with E-state index in [9.17, 15) is 0 Å². The third-order valence-corrected chi connectivity index (χ3v) is 4.86. The Bertz CT molecular complexity index is 802. The van der Waals surface area contributed by atoms with E-state index in [-0.39, 0.29) is 0 Å². The number of nitrogens with zero attached hydrogens (tertiary/aromatic N) is 2. The topological polar surface area (TPSA) is 67.4 Å². The second kappa shape index (κ2) is 10.7. The number of hydrogen-bond acceptors (Lipinski definition) is 5. The van der Waals surface area contributed by atoms with Gasteiger partial charge in [-0.25, -0.2) is 0 Å². The minimum atomic E-state index is 0.670. The maximum atomic E-state index is 5.41. The molecule has 2 aromatic carbocycles. The maximum absolute atomic E-state index is 5.41.